The Hall–Kier alpha value is -2.87. The van der Waals surface area contributed by atoms with Crippen molar-refractivity contribution in [3.63, 3.8) is 0 Å². The molecule has 2 heterocycles. The van der Waals surface area contributed by atoms with Crippen LogP contribution in [-0.2, 0) is 6.54 Å². The highest BCUT2D eigenvalue weighted by molar-refractivity contribution is 6.05. The van der Waals surface area contributed by atoms with E-state index in [1.54, 1.807) is 35.5 Å². The second kappa shape index (κ2) is 8.24. The molecule has 0 aliphatic heterocycles. The highest BCUT2D eigenvalue weighted by Crippen LogP contribution is 2.30. The van der Waals surface area contributed by atoms with Gasteiger partial charge in [-0.15, -0.1) is 0 Å². The minimum atomic E-state index is -0.757. The molecule has 0 aliphatic rings. The molecule has 1 amide bonds. The maximum Gasteiger partial charge on any atom is 0.276 e. The van der Waals surface area contributed by atoms with E-state index in [0.717, 1.165) is 10.9 Å². The number of fused-ring (bicyclic) bond motifs is 1. The third kappa shape index (κ3) is 5.14. The predicted octanol–water partition coefficient (Wildman–Crippen LogP) is 3.63. The van der Waals surface area contributed by atoms with Gasteiger partial charge < -0.3 is 15.2 Å². The first-order valence-corrected chi connectivity index (χ1v) is 9.89. The Morgan fingerprint density at radius 3 is 2.69 bits per heavy atom. The summed E-state index contributed by atoms with van der Waals surface area (Å²) in [5.41, 5.74) is 0.937. The molecule has 0 fully saturated rings. The van der Waals surface area contributed by atoms with E-state index in [4.69, 9.17) is 4.74 Å². The van der Waals surface area contributed by atoms with Crippen molar-refractivity contribution in [2.75, 3.05) is 11.9 Å². The van der Waals surface area contributed by atoms with Crippen molar-refractivity contribution in [3.05, 3.63) is 36.3 Å². The van der Waals surface area contributed by atoms with Crippen LogP contribution in [0.3, 0.4) is 0 Å². The van der Waals surface area contributed by atoms with Crippen molar-refractivity contribution in [1.29, 1.82) is 0 Å². The molecule has 29 heavy (non-hydrogen) atoms. The third-order valence-electron chi connectivity index (χ3n) is 4.52. The fourth-order valence-corrected chi connectivity index (χ4v) is 2.91. The Bertz CT molecular complexity index is 998. The van der Waals surface area contributed by atoms with Crippen LogP contribution in [0.4, 0.5) is 5.69 Å². The monoisotopic (exact) mass is 399 g/mol. The highest BCUT2D eigenvalue weighted by atomic mass is 16.5. The number of hydrogen-bond donors (Lipinski definition) is 2. The van der Waals surface area contributed by atoms with E-state index >= 15 is 0 Å². The lowest BCUT2D eigenvalue weighted by Gasteiger charge is -2.16. The van der Waals surface area contributed by atoms with Gasteiger partial charge in [0.05, 0.1) is 23.4 Å². The van der Waals surface area contributed by atoms with E-state index in [2.05, 4.69) is 15.5 Å². The number of carbonyl (C=O) groups excluding carboxylic acids is 1. The van der Waals surface area contributed by atoms with Crippen molar-refractivity contribution in [3.8, 4) is 5.75 Å². The second-order valence-electron chi connectivity index (χ2n) is 8.02. The van der Waals surface area contributed by atoms with Gasteiger partial charge in [-0.25, -0.2) is 0 Å². The number of anilines is 1. The van der Waals surface area contributed by atoms with Crippen LogP contribution in [0.2, 0.25) is 0 Å². The van der Waals surface area contributed by atoms with Crippen LogP contribution in [0.25, 0.3) is 10.9 Å². The molecule has 2 N–H and O–H groups in total. The normalized spacial score (nSPS) is 12.0. The zero-order valence-electron chi connectivity index (χ0n) is 17.6. The molecule has 3 rings (SSSR count). The van der Waals surface area contributed by atoms with E-state index < -0.39 is 5.60 Å². The quantitative estimate of drug-likeness (QED) is 0.603. The van der Waals surface area contributed by atoms with Gasteiger partial charge in [0.2, 0.25) is 0 Å². The van der Waals surface area contributed by atoms with Crippen LogP contribution in [0.5, 0.6) is 5.75 Å². The number of aliphatic hydroxyl groups is 1. The number of carbonyl (C=O) groups is 1. The lowest BCUT2D eigenvalue weighted by Crippen LogP contribution is -2.21. The molecular weight excluding hydrogens is 370 g/mol. The average molecular weight is 399 g/mol. The van der Waals surface area contributed by atoms with E-state index in [0.29, 0.717) is 36.7 Å². The van der Waals surface area contributed by atoms with Gasteiger partial charge in [0, 0.05) is 36.4 Å². The average Bonchev–Trinajstić information content (AvgIpc) is 3.26. The van der Waals surface area contributed by atoms with Gasteiger partial charge in [0.15, 0.2) is 5.69 Å². The molecular formula is C21H29N5O3. The van der Waals surface area contributed by atoms with Crippen molar-refractivity contribution >= 4 is 22.5 Å². The minimum absolute atomic E-state index is 0.182. The molecule has 0 bridgehead atoms. The Morgan fingerprint density at radius 2 is 2.07 bits per heavy atom. The maximum absolute atomic E-state index is 12.7. The number of hydrogen-bond acceptors (Lipinski definition) is 5. The summed E-state index contributed by atoms with van der Waals surface area (Å²) in [6.07, 6.45) is 4.28. The molecule has 8 nitrogen and oxygen atoms in total. The summed E-state index contributed by atoms with van der Waals surface area (Å²) in [4.78, 5) is 12.7. The number of nitrogens with zero attached hydrogens (tertiary/aromatic N) is 4. The number of rotatable bonds is 8. The van der Waals surface area contributed by atoms with Crippen molar-refractivity contribution < 1.29 is 14.6 Å². The maximum atomic E-state index is 12.7. The zero-order valence-corrected chi connectivity index (χ0v) is 17.6. The van der Waals surface area contributed by atoms with Crippen LogP contribution < -0.4 is 10.1 Å². The summed E-state index contributed by atoms with van der Waals surface area (Å²) >= 11 is 0. The van der Waals surface area contributed by atoms with Gasteiger partial charge in [-0.05, 0) is 53.2 Å². The second-order valence-corrected chi connectivity index (χ2v) is 8.02. The number of aryl methyl sites for hydroxylation is 1. The van der Waals surface area contributed by atoms with Crippen LogP contribution in [0.1, 0.15) is 57.6 Å². The number of nitrogens with one attached hydrogen (secondary N) is 1. The Labute approximate surface area is 170 Å². The molecule has 0 saturated heterocycles. The summed E-state index contributed by atoms with van der Waals surface area (Å²) < 4.78 is 9.26. The molecule has 0 radical (unpaired) electrons. The van der Waals surface area contributed by atoms with Crippen LogP contribution in [0.15, 0.2) is 30.6 Å². The summed E-state index contributed by atoms with van der Waals surface area (Å²) in [6.45, 7) is 10.5. The predicted molar refractivity (Wildman–Crippen MR) is 112 cm³/mol. The van der Waals surface area contributed by atoms with Gasteiger partial charge in [0.25, 0.3) is 5.91 Å². The molecule has 8 heteroatoms. The SMILES string of the molecule is CCOc1cc2nn(CCC(C)(C)O)cc2cc1NC(=O)c1ccn(C(C)C)n1. The first-order chi connectivity index (χ1) is 13.7. The number of ether oxygens (including phenoxy) is 1. The van der Waals surface area contributed by atoms with Gasteiger partial charge in [-0.1, -0.05) is 0 Å². The summed E-state index contributed by atoms with van der Waals surface area (Å²) in [7, 11) is 0. The smallest absolute Gasteiger partial charge is 0.276 e. The lowest BCUT2D eigenvalue weighted by molar-refractivity contribution is 0.0651. The Morgan fingerprint density at radius 1 is 1.31 bits per heavy atom. The van der Waals surface area contributed by atoms with E-state index in [9.17, 15) is 9.90 Å². The number of amides is 1. The van der Waals surface area contributed by atoms with Crippen LogP contribution in [-0.4, -0.2) is 42.8 Å². The molecule has 156 valence electrons. The van der Waals surface area contributed by atoms with Crippen LogP contribution in [0, 0.1) is 0 Å². The molecule has 0 atom stereocenters. The fourth-order valence-electron chi connectivity index (χ4n) is 2.91. The Kier molecular flexibility index (Phi) is 5.93. The summed E-state index contributed by atoms with van der Waals surface area (Å²) in [5, 5.41) is 22.6. The first kappa shape index (κ1) is 20.9. The molecule has 0 aliphatic carbocycles. The third-order valence-corrected chi connectivity index (χ3v) is 4.52. The van der Waals surface area contributed by atoms with Gasteiger partial charge >= 0.3 is 0 Å². The number of aromatic nitrogens is 4. The highest BCUT2D eigenvalue weighted by Gasteiger charge is 2.17. The zero-order chi connectivity index (χ0) is 21.2. The van der Waals surface area contributed by atoms with Crippen LogP contribution >= 0.6 is 0 Å². The van der Waals surface area contributed by atoms with Crippen molar-refractivity contribution in [1.82, 2.24) is 19.6 Å². The van der Waals surface area contributed by atoms with E-state index in [-0.39, 0.29) is 11.9 Å². The minimum Gasteiger partial charge on any atom is -0.492 e. The van der Waals surface area contributed by atoms with E-state index in [1.807, 2.05) is 39.1 Å². The van der Waals surface area contributed by atoms with Crippen molar-refractivity contribution in [2.45, 2.75) is 59.2 Å². The summed E-state index contributed by atoms with van der Waals surface area (Å²) in [6, 6.07) is 5.55. The fraction of sp³-hybridized carbons (Fsp3) is 0.476. The topological polar surface area (TPSA) is 94.2 Å². The molecule has 0 saturated carbocycles. The molecule has 1 aromatic carbocycles. The van der Waals surface area contributed by atoms with Gasteiger partial charge in [-0.2, -0.15) is 10.2 Å². The van der Waals surface area contributed by atoms with Gasteiger partial charge in [-0.3, -0.25) is 14.2 Å². The summed E-state index contributed by atoms with van der Waals surface area (Å²) in [5.74, 6) is 0.267. The standard InChI is InChI=1S/C21H29N5O3/c1-6-29-19-12-17-15(13-25(23-17)10-8-21(4,5)28)11-18(19)22-20(27)16-7-9-26(24-16)14(2)3/h7,9,11-14,28H,6,8,10H2,1-5H3,(H,22,27). The van der Waals surface area contributed by atoms with Gasteiger partial charge in [0.1, 0.15) is 5.75 Å². The lowest BCUT2D eigenvalue weighted by atomic mass is 10.1. The Balaban J connectivity index is 1.86. The van der Waals surface area contributed by atoms with E-state index in [1.165, 1.54) is 0 Å². The molecule has 2 aromatic heterocycles. The largest absolute Gasteiger partial charge is 0.492 e. The molecule has 3 aromatic rings. The number of benzene rings is 1. The molecule has 0 spiro atoms. The molecule has 0 unspecified atom stereocenters. The van der Waals surface area contributed by atoms with Crippen molar-refractivity contribution in [2.24, 2.45) is 0 Å². The first-order valence-electron chi connectivity index (χ1n) is 9.89.